The second-order valence-electron chi connectivity index (χ2n) is 5.86. The molecule has 0 radical (unpaired) electrons. The van der Waals surface area contributed by atoms with E-state index in [9.17, 15) is 9.59 Å². The molecule has 0 saturated heterocycles. The number of carbonyl (C=O) groups excluding carboxylic acids is 2. The molecule has 2 N–H and O–H groups in total. The molecule has 2 aromatic carbocycles. The Morgan fingerprint density at radius 2 is 1.81 bits per heavy atom. The van der Waals surface area contributed by atoms with Crippen molar-refractivity contribution in [1.82, 2.24) is 5.32 Å². The van der Waals surface area contributed by atoms with Crippen molar-refractivity contribution in [3.63, 3.8) is 0 Å². The summed E-state index contributed by atoms with van der Waals surface area (Å²) in [5, 5.41) is 6.20. The van der Waals surface area contributed by atoms with E-state index in [1.807, 2.05) is 13.8 Å². The predicted molar refractivity (Wildman–Crippen MR) is 104 cm³/mol. The third kappa shape index (κ3) is 5.93. The van der Waals surface area contributed by atoms with Crippen LogP contribution in [0.25, 0.3) is 0 Å². The minimum absolute atomic E-state index is 0.0500. The van der Waals surface area contributed by atoms with Gasteiger partial charge >= 0.3 is 11.8 Å². The Hall–Kier alpha value is -2.24. The molecule has 7 heteroatoms. The molecule has 2 amide bonds. The first kappa shape index (κ1) is 20.1. The van der Waals surface area contributed by atoms with Crippen molar-refractivity contribution in [1.29, 1.82) is 0 Å². The lowest BCUT2D eigenvalue weighted by molar-refractivity contribution is -0.136. The topological polar surface area (TPSA) is 67.4 Å². The van der Waals surface area contributed by atoms with Crippen LogP contribution >= 0.6 is 23.2 Å². The molecule has 0 spiro atoms. The van der Waals surface area contributed by atoms with Crippen molar-refractivity contribution in [2.24, 2.45) is 0 Å². The minimum Gasteiger partial charge on any atom is -0.489 e. The smallest absolute Gasteiger partial charge is 0.313 e. The van der Waals surface area contributed by atoms with Gasteiger partial charge in [0.15, 0.2) is 0 Å². The highest BCUT2D eigenvalue weighted by molar-refractivity contribution is 6.39. The fourth-order valence-electron chi connectivity index (χ4n) is 2.22. The molecule has 26 heavy (non-hydrogen) atoms. The Balaban J connectivity index is 1.89. The van der Waals surface area contributed by atoms with Crippen molar-refractivity contribution in [2.45, 2.75) is 26.4 Å². The van der Waals surface area contributed by atoms with Gasteiger partial charge in [-0.25, -0.2) is 0 Å². The summed E-state index contributed by atoms with van der Waals surface area (Å²) in [5.74, 6) is -0.974. The van der Waals surface area contributed by atoms with Crippen LogP contribution in [0.15, 0.2) is 42.5 Å². The lowest BCUT2D eigenvalue weighted by Gasteiger charge is -2.14. The van der Waals surface area contributed by atoms with E-state index < -0.39 is 11.8 Å². The summed E-state index contributed by atoms with van der Waals surface area (Å²) < 4.78 is 5.62. The van der Waals surface area contributed by atoms with Gasteiger partial charge in [0.05, 0.1) is 11.8 Å². The summed E-state index contributed by atoms with van der Waals surface area (Å²) >= 11 is 11.9. The maximum absolute atomic E-state index is 12.1. The predicted octanol–water partition coefficient (Wildman–Crippen LogP) is 4.08. The molecule has 0 fully saturated rings. The number of nitrogens with one attached hydrogen (secondary N) is 2. The number of benzene rings is 2. The Morgan fingerprint density at radius 3 is 2.50 bits per heavy atom. The van der Waals surface area contributed by atoms with Gasteiger partial charge in [-0.15, -0.1) is 0 Å². The normalized spacial score (nSPS) is 10.5. The molecule has 0 atom stereocenters. The Labute approximate surface area is 162 Å². The van der Waals surface area contributed by atoms with Crippen LogP contribution in [0.4, 0.5) is 5.69 Å². The van der Waals surface area contributed by atoms with Crippen molar-refractivity contribution in [3.8, 4) is 5.75 Å². The highest BCUT2D eigenvalue weighted by atomic mass is 35.5. The largest absolute Gasteiger partial charge is 0.489 e. The van der Waals surface area contributed by atoms with Crippen LogP contribution in [-0.4, -0.2) is 24.5 Å². The van der Waals surface area contributed by atoms with Crippen LogP contribution in [0, 0.1) is 0 Å². The molecule has 0 unspecified atom stereocenters. The molecule has 0 aliphatic carbocycles. The van der Waals surface area contributed by atoms with Gasteiger partial charge < -0.3 is 15.4 Å². The standard InChI is InChI=1S/C19H20Cl2N2O3/c1-12(2)26-17-6-4-3-5-16(17)23-19(25)18(24)22-10-9-13-7-8-14(20)11-15(13)21/h3-8,11-12H,9-10H2,1-2H3,(H,22,24)(H,23,25). The summed E-state index contributed by atoms with van der Waals surface area (Å²) in [4.78, 5) is 24.1. The molecule has 0 aliphatic heterocycles. The van der Waals surface area contributed by atoms with Gasteiger partial charge in [-0.3, -0.25) is 9.59 Å². The molecule has 5 nitrogen and oxygen atoms in total. The van der Waals surface area contributed by atoms with E-state index in [2.05, 4.69) is 10.6 Å². The molecular formula is C19H20Cl2N2O3. The fraction of sp³-hybridized carbons (Fsp3) is 0.263. The zero-order valence-corrected chi connectivity index (χ0v) is 16.0. The van der Waals surface area contributed by atoms with E-state index in [-0.39, 0.29) is 12.6 Å². The van der Waals surface area contributed by atoms with Crippen LogP contribution < -0.4 is 15.4 Å². The van der Waals surface area contributed by atoms with E-state index in [0.717, 1.165) is 5.56 Å². The van der Waals surface area contributed by atoms with Crippen LogP contribution in [-0.2, 0) is 16.0 Å². The monoisotopic (exact) mass is 394 g/mol. The number of halogens is 2. The van der Waals surface area contributed by atoms with Gasteiger partial charge in [0, 0.05) is 16.6 Å². The molecule has 0 aliphatic rings. The minimum atomic E-state index is -0.757. The van der Waals surface area contributed by atoms with Gasteiger partial charge in [0.2, 0.25) is 0 Å². The second-order valence-corrected chi connectivity index (χ2v) is 6.70. The average Bonchev–Trinajstić information content (AvgIpc) is 2.58. The third-order valence-electron chi connectivity index (χ3n) is 3.40. The summed E-state index contributed by atoms with van der Waals surface area (Å²) in [7, 11) is 0. The molecule has 138 valence electrons. The summed E-state index contributed by atoms with van der Waals surface area (Å²) in [6.07, 6.45) is 0.438. The lowest BCUT2D eigenvalue weighted by Crippen LogP contribution is -2.36. The highest BCUT2D eigenvalue weighted by Gasteiger charge is 2.16. The SMILES string of the molecule is CC(C)Oc1ccccc1NC(=O)C(=O)NCCc1ccc(Cl)cc1Cl. The Bertz CT molecular complexity index is 794. The maximum Gasteiger partial charge on any atom is 0.313 e. The zero-order valence-electron chi connectivity index (χ0n) is 14.5. The summed E-state index contributed by atoms with van der Waals surface area (Å²) in [6.45, 7) is 4.04. The van der Waals surface area contributed by atoms with Gasteiger partial charge in [-0.2, -0.15) is 0 Å². The third-order valence-corrected chi connectivity index (χ3v) is 3.99. The molecule has 2 rings (SSSR count). The van der Waals surface area contributed by atoms with E-state index in [1.165, 1.54) is 0 Å². The maximum atomic E-state index is 12.1. The van der Waals surface area contributed by atoms with Crippen molar-refractivity contribution in [2.75, 3.05) is 11.9 Å². The zero-order chi connectivity index (χ0) is 19.1. The summed E-state index contributed by atoms with van der Waals surface area (Å²) in [6, 6.07) is 12.1. The Kier molecular flexibility index (Phi) is 7.30. The number of anilines is 1. The Morgan fingerprint density at radius 1 is 1.08 bits per heavy atom. The van der Waals surface area contributed by atoms with Gasteiger partial charge in [0.25, 0.3) is 0 Å². The summed E-state index contributed by atoms with van der Waals surface area (Å²) in [5.41, 5.74) is 1.29. The van der Waals surface area contributed by atoms with E-state index in [1.54, 1.807) is 42.5 Å². The van der Waals surface area contributed by atoms with Crippen LogP contribution in [0.5, 0.6) is 5.75 Å². The molecule has 0 aromatic heterocycles. The molecule has 2 aromatic rings. The number of carbonyl (C=O) groups is 2. The number of hydrogen-bond acceptors (Lipinski definition) is 3. The molecule has 0 heterocycles. The highest BCUT2D eigenvalue weighted by Crippen LogP contribution is 2.24. The number of para-hydroxylation sites is 2. The lowest BCUT2D eigenvalue weighted by atomic mass is 10.1. The molecule has 0 saturated carbocycles. The number of ether oxygens (including phenoxy) is 1. The second kappa shape index (κ2) is 9.46. The van der Waals surface area contributed by atoms with Crippen LogP contribution in [0.1, 0.15) is 19.4 Å². The average molecular weight is 395 g/mol. The van der Waals surface area contributed by atoms with E-state index in [0.29, 0.717) is 27.9 Å². The van der Waals surface area contributed by atoms with E-state index >= 15 is 0 Å². The molecule has 0 bridgehead atoms. The van der Waals surface area contributed by atoms with Gasteiger partial charge in [0.1, 0.15) is 5.75 Å². The number of amides is 2. The number of rotatable bonds is 6. The van der Waals surface area contributed by atoms with Crippen molar-refractivity contribution >= 4 is 40.7 Å². The first-order chi connectivity index (χ1) is 12.4. The van der Waals surface area contributed by atoms with Crippen molar-refractivity contribution < 1.29 is 14.3 Å². The number of hydrogen-bond donors (Lipinski definition) is 2. The first-order valence-electron chi connectivity index (χ1n) is 8.15. The van der Waals surface area contributed by atoms with Crippen LogP contribution in [0.3, 0.4) is 0 Å². The first-order valence-corrected chi connectivity index (χ1v) is 8.91. The van der Waals surface area contributed by atoms with Crippen molar-refractivity contribution in [3.05, 3.63) is 58.1 Å². The molecular weight excluding hydrogens is 375 g/mol. The van der Waals surface area contributed by atoms with Gasteiger partial charge in [-0.05, 0) is 50.1 Å². The quantitative estimate of drug-likeness (QED) is 0.725. The fourth-order valence-corrected chi connectivity index (χ4v) is 2.72. The van der Waals surface area contributed by atoms with E-state index in [4.69, 9.17) is 27.9 Å². The van der Waals surface area contributed by atoms with Crippen LogP contribution in [0.2, 0.25) is 10.0 Å². The van der Waals surface area contributed by atoms with Gasteiger partial charge in [-0.1, -0.05) is 41.4 Å².